The predicted octanol–water partition coefficient (Wildman–Crippen LogP) is 3.93. The molecule has 4 nitrogen and oxygen atoms in total. The summed E-state index contributed by atoms with van der Waals surface area (Å²) in [5.74, 6) is -0.955. The van der Waals surface area contributed by atoms with Crippen molar-refractivity contribution in [3.8, 4) is 10.4 Å². The molecule has 0 saturated carbocycles. The van der Waals surface area contributed by atoms with Crippen molar-refractivity contribution in [2.75, 3.05) is 26.7 Å². The molecule has 1 aliphatic rings. The second-order valence-electron chi connectivity index (χ2n) is 6.96. The third-order valence-corrected chi connectivity index (χ3v) is 5.92. The molecule has 2 heterocycles. The van der Waals surface area contributed by atoms with Crippen molar-refractivity contribution in [2.24, 2.45) is 0 Å². The molecule has 140 valence electrons. The lowest BCUT2D eigenvalue weighted by molar-refractivity contribution is -0.138. The van der Waals surface area contributed by atoms with E-state index in [2.05, 4.69) is 4.90 Å². The zero-order valence-electron chi connectivity index (χ0n) is 15.0. The van der Waals surface area contributed by atoms with Gasteiger partial charge >= 0.3 is 5.97 Å². The summed E-state index contributed by atoms with van der Waals surface area (Å²) >= 11 is 1.55. The topological polar surface area (TPSA) is 43.8 Å². The zero-order valence-corrected chi connectivity index (χ0v) is 15.8. The Hall–Kier alpha value is -1.76. The van der Waals surface area contributed by atoms with Crippen LogP contribution in [0.5, 0.6) is 0 Å². The SMILES string of the molecule is CN(CC(=O)O)C1CCCN(Cc2ccc(F)c(-c3cccs3)c2)CC1. The highest BCUT2D eigenvalue weighted by Gasteiger charge is 2.22. The summed E-state index contributed by atoms with van der Waals surface area (Å²) in [4.78, 5) is 16.2. The maximum atomic E-state index is 14.2. The number of carbonyl (C=O) groups is 1. The molecule has 0 bridgehead atoms. The van der Waals surface area contributed by atoms with Crippen LogP contribution >= 0.6 is 11.3 Å². The lowest BCUT2D eigenvalue weighted by atomic mass is 10.1. The van der Waals surface area contributed by atoms with Crippen molar-refractivity contribution >= 4 is 17.3 Å². The Bertz CT molecular complexity index is 735. The van der Waals surface area contributed by atoms with Crippen molar-refractivity contribution in [1.82, 2.24) is 9.80 Å². The largest absolute Gasteiger partial charge is 0.480 e. The molecule has 0 radical (unpaired) electrons. The molecule has 0 spiro atoms. The fraction of sp³-hybridized carbons (Fsp3) is 0.450. The van der Waals surface area contributed by atoms with Crippen LogP contribution in [0.25, 0.3) is 10.4 Å². The van der Waals surface area contributed by atoms with E-state index in [-0.39, 0.29) is 12.4 Å². The monoisotopic (exact) mass is 376 g/mol. The first-order valence-corrected chi connectivity index (χ1v) is 9.87. The summed E-state index contributed by atoms with van der Waals surface area (Å²) in [5.41, 5.74) is 1.79. The van der Waals surface area contributed by atoms with Crippen LogP contribution in [0.2, 0.25) is 0 Å². The molecule has 0 amide bonds. The number of carboxylic acids is 1. The summed E-state index contributed by atoms with van der Waals surface area (Å²) < 4.78 is 14.2. The van der Waals surface area contributed by atoms with Crippen LogP contribution in [0, 0.1) is 5.82 Å². The Labute approximate surface area is 157 Å². The second-order valence-corrected chi connectivity index (χ2v) is 7.91. The molecule has 1 fully saturated rings. The van der Waals surface area contributed by atoms with Crippen LogP contribution in [-0.2, 0) is 11.3 Å². The van der Waals surface area contributed by atoms with Crippen LogP contribution in [-0.4, -0.2) is 53.6 Å². The van der Waals surface area contributed by atoms with Crippen LogP contribution in [0.1, 0.15) is 24.8 Å². The van der Waals surface area contributed by atoms with Crippen molar-refractivity contribution in [2.45, 2.75) is 31.8 Å². The molecule has 1 aliphatic heterocycles. The molecular formula is C20H25FN2O2S. The van der Waals surface area contributed by atoms with Gasteiger partial charge in [0.25, 0.3) is 0 Å². The van der Waals surface area contributed by atoms with Gasteiger partial charge in [-0.2, -0.15) is 0 Å². The summed E-state index contributed by atoms with van der Waals surface area (Å²) in [6, 6.07) is 9.58. The second kappa shape index (κ2) is 8.75. The first kappa shape index (κ1) is 19.0. The van der Waals surface area contributed by atoms with Crippen molar-refractivity contribution in [1.29, 1.82) is 0 Å². The number of hydrogen-bond acceptors (Lipinski definition) is 4. The van der Waals surface area contributed by atoms with Crippen LogP contribution < -0.4 is 0 Å². The average Bonchev–Trinajstić information content (AvgIpc) is 3.02. The van der Waals surface area contributed by atoms with Gasteiger partial charge in [-0.05, 0) is 68.5 Å². The molecule has 2 aromatic rings. The Balaban J connectivity index is 1.63. The zero-order chi connectivity index (χ0) is 18.5. The van der Waals surface area contributed by atoms with Crippen molar-refractivity contribution in [3.05, 3.63) is 47.1 Å². The van der Waals surface area contributed by atoms with Gasteiger partial charge in [0, 0.05) is 23.0 Å². The molecule has 1 aromatic carbocycles. The summed E-state index contributed by atoms with van der Waals surface area (Å²) in [6.45, 7) is 2.81. The number of halogens is 1. The first-order valence-electron chi connectivity index (χ1n) is 8.99. The number of likely N-dealkylation sites (tertiary alicyclic amines) is 1. The van der Waals surface area contributed by atoms with Gasteiger partial charge in [0.2, 0.25) is 0 Å². The van der Waals surface area contributed by atoms with Crippen molar-refractivity contribution in [3.63, 3.8) is 0 Å². The molecule has 1 saturated heterocycles. The number of carboxylic acid groups (broad SMARTS) is 1. The number of aliphatic carboxylic acids is 1. The Morgan fingerprint density at radius 1 is 1.35 bits per heavy atom. The molecule has 3 rings (SSSR count). The van der Waals surface area contributed by atoms with Gasteiger partial charge in [0.05, 0.1) is 6.54 Å². The van der Waals surface area contributed by atoms with E-state index < -0.39 is 5.97 Å². The number of hydrogen-bond donors (Lipinski definition) is 1. The minimum absolute atomic E-state index is 0.0901. The van der Waals surface area contributed by atoms with E-state index in [0.717, 1.165) is 49.3 Å². The van der Waals surface area contributed by atoms with Gasteiger partial charge in [0.15, 0.2) is 0 Å². The van der Waals surface area contributed by atoms with Crippen molar-refractivity contribution < 1.29 is 14.3 Å². The average molecular weight is 376 g/mol. The highest BCUT2D eigenvalue weighted by molar-refractivity contribution is 7.13. The van der Waals surface area contributed by atoms with Gasteiger partial charge in [-0.25, -0.2) is 4.39 Å². The summed E-state index contributed by atoms with van der Waals surface area (Å²) in [7, 11) is 1.89. The van der Waals surface area contributed by atoms with E-state index in [1.165, 1.54) is 0 Å². The summed E-state index contributed by atoms with van der Waals surface area (Å²) in [5, 5.41) is 10.9. The molecule has 26 heavy (non-hydrogen) atoms. The molecule has 1 aromatic heterocycles. The Morgan fingerprint density at radius 3 is 2.92 bits per heavy atom. The van der Waals surface area contributed by atoms with Crippen LogP contribution in [0.4, 0.5) is 4.39 Å². The fourth-order valence-electron chi connectivity index (χ4n) is 3.63. The molecule has 6 heteroatoms. The third-order valence-electron chi connectivity index (χ3n) is 5.02. The number of nitrogens with zero attached hydrogens (tertiary/aromatic N) is 2. The lowest BCUT2D eigenvalue weighted by Crippen LogP contribution is -2.36. The minimum Gasteiger partial charge on any atom is -0.480 e. The van der Waals surface area contributed by atoms with E-state index in [1.54, 1.807) is 17.4 Å². The standard InChI is InChI=1S/C20H25FN2O2S/c1-22(14-20(24)25)16-4-2-9-23(10-8-16)13-15-6-7-18(21)17(12-15)19-5-3-11-26-19/h3,5-7,11-12,16H,2,4,8-10,13-14H2,1H3,(H,24,25). The predicted molar refractivity (Wildman–Crippen MR) is 103 cm³/mol. The van der Waals surface area contributed by atoms with E-state index >= 15 is 0 Å². The molecule has 1 N–H and O–H groups in total. The van der Waals surface area contributed by atoms with Gasteiger partial charge in [-0.15, -0.1) is 11.3 Å². The highest BCUT2D eigenvalue weighted by atomic mass is 32.1. The normalized spacial score (nSPS) is 18.8. The molecule has 1 atom stereocenters. The molecule has 0 aliphatic carbocycles. The van der Waals surface area contributed by atoms with Gasteiger partial charge < -0.3 is 5.11 Å². The number of thiophene rings is 1. The number of likely N-dealkylation sites (N-methyl/N-ethyl adjacent to an activating group) is 1. The number of rotatable bonds is 6. The number of benzene rings is 1. The maximum Gasteiger partial charge on any atom is 0.317 e. The Morgan fingerprint density at radius 2 is 2.19 bits per heavy atom. The fourth-order valence-corrected chi connectivity index (χ4v) is 4.37. The molecule has 1 unspecified atom stereocenters. The van der Waals surface area contributed by atoms with E-state index in [9.17, 15) is 9.18 Å². The smallest absolute Gasteiger partial charge is 0.317 e. The Kier molecular flexibility index (Phi) is 6.40. The lowest BCUT2D eigenvalue weighted by Gasteiger charge is -2.25. The highest BCUT2D eigenvalue weighted by Crippen LogP contribution is 2.29. The van der Waals surface area contributed by atoms with E-state index in [0.29, 0.717) is 11.6 Å². The maximum absolute atomic E-state index is 14.2. The van der Waals surface area contributed by atoms with Gasteiger partial charge in [0.1, 0.15) is 5.82 Å². The minimum atomic E-state index is -0.777. The first-order chi connectivity index (χ1) is 12.5. The van der Waals surface area contributed by atoms with Crippen LogP contribution in [0.3, 0.4) is 0 Å². The van der Waals surface area contributed by atoms with E-state index in [4.69, 9.17) is 5.11 Å². The third kappa shape index (κ3) is 4.90. The van der Waals surface area contributed by atoms with Gasteiger partial charge in [-0.3, -0.25) is 14.6 Å². The van der Waals surface area contributed by atoms with E-state index in [1.807, 2.05) is 41.6 Å². The summed E-state index contributed by atoms with van der Waals surface area (Å²) in [6.07, 6.45) is 3.03. The van der Waals surface area contributed by atoms with Crippen LogP contribution in [0.15, 0.2) is 35.7 Å². The molecular weight excluding hydrogens is 351 g/mol. The van der Waals surface area contributed by atoms with Gasteiger partial charge in [-0.1, -0.05) is 12.1 Å². The quantitative estimate of drug-likeness (QED) is 0.830.